The number of urea groups is 1. The SMILES string of the molecule is CCNC(=O)Nc1ccc(-c2nc3c(c(N4CCOCC4)n2)[C@H](C(C)(C)C)CN(C(=O)O)C3CCCC(=O)OCC)cc1. The van der Waals surface area contributed by atoms with E-state index in [1.807, 2.05) is 19.1 Å². The first-order valence-corrected chi connectivity index (χ1v) is 15.1. The average Bonchev–Trinajstić information content (AvgIpc) is 2.97. The molecule has 3 N–H and O–H groups in total. The van der Waals surface area contributed by atoms with Gasteiger partial charge in [-0.1, -0.05) is 20.8 Å². The van der Waals surface area contributed by atoms with E-state index in [4.69, 9.17) is 19.4 Å². The molecule has 12 nitrogen and oxygen atoms in total. The summed E-state index contributed by atoms with van der Waals surface area (Å²) >= 11 is 0. The van der Waals surface area contributed by atoms with Crippen LogP contribution >= 0.6 is 0 Å². The van der Waals surface area contributed by atoms with E-state index in [2.05, 4.69) is 36.3 Å². The van der Waals surface area contributed by atoms with E-state index in [0.717, 1.165) is 16.9 Å². The van der Waals surface area contributed by atoms with Crippen molar-refractivity contribution in [3.8, 4) is 11.4 Å². The number of rotatable bonds is 9. The van der Waals surface area contributed by atoms with Crippen LogP contribution < -0.4 is 15.5 Å². The Balaban J connectivity index is 1.83. The van der Waals surface area contributed by atoms with Gasteiger partial charge in [0.1, 0.15) is 5.82 Å². The van der Waals surface area contributed by atoms with Gasteiger partial charge in [0.15, 0.2) is 5.82 Å². The maximum Gasteiger partial charge on any atom is 0.407 e. The summed E-state index contributed by atoms with van der Waals surface area (Å²) in [6.45, 7) is 13.5. The smallest absolute Gasteiger partial charge is 0.407 e. The van der Waals surface area contributed by atoms with Crippen LogP contribution in [0.3, 0.4) is 0 Å². The third-order valence-corrected chi connectivity index (χ3v) is 7.88. The van der Waals surface area contributed by atoms with Crippen LogP contribution in [0.2, 0.25) is 0 Å². The van der Waals surface area contributed by atoms with Gasteiger partial charge >= 0.3 is 18.1 Å². The van der Waals surface area contributed by atoms with Gasteiger partial charge in [0.25, 0.3) is 0 Å². The minimum Gasteiger partial charge on any atom is -0.466 e. The molecular formula is C31H44N6O6. The van der Waals surface area contributed by atoms with Gasteiger partial charge in [0.2, 0.25) is 0 Å². The molecule has 2 aromatic rings. The molecule has 2 aliphatic heterocycles. The van der Waals surface area contributed by atoms with Crippen molar-refractivity contribution in [1.29, 1.82) is 0 Å². The summed E-state index contributed by atoms with van der Waals surface area (Å²) < 4.78 is 10.8. The standard InChI is InChI=1S/C31H44N6O6/c1-6-32-29(39)33-21-13-11-20(12-14-21)27-34-26-23(9-8-10-24(38)43-7-2)37(30(40)41)19-22(31(3,4)5)25(26)28(35-27)36-15-17-42-18-16-36/h11-14,22-23H,6-10,15-19H2,1-5H3,(H,40,41)(H2,32,33,39)/t22-,23?/m1/s1. The Kier molecular flexibility index (Phi) is 10.4. The van der Waals surface area contributed by atoms with Crippen molar-refractivity contribution in [3.63, 3.8) is 0 Å². The Morgan fingerprint density at radius 1 is 1.09 bits per heavy atom. The number of aromatic nitrogens is 2. The maximum atomic E-state index is 12.7. The Morgan fingerprint density at radius 2 is 1.79 bits per heavy atom. The molecule has 1 aromatic carbocycles. The summed E-state index contributed by atoms with van der Waals surface area (Å²) in [5.41, 5.74) is 2.72. The van der Waals surface area contributed by atoms with Crippen LogP contribution in [0.25, 0.3) is 11.4 Å². The molecule has 3 amide bonds. The Bertz CT molecular complexity index is 1290. The van der Waals surface area contributed by atoms with Crippen molar-refractivity contribution in [2.75, 3.05) is 56.2 Å². The third-order valence-electron chi connectivity index (χ3n) is 7.88. The first-order chi connectivity index (χ1) is 20.5. The van der Waals surface area contributed by atoms with Crippen molar-refractivity contribution in [1.82, 2.24) is 20.2 Å². The molecule has 0 spiro atoms. The molecule has 1 fully saturated rings. The monoisotopic (exact) mass is 596 g/mol. The summed E-state index contributed by atoms with van der Waals surface area (Å²) in [5.74, 6) is 0.815. The van der Waals surface area contributed by atoms with Gasteiger partial charge < -0.3 is 30.1 Å². The number of nitrogens with one attached hydrogen (secondary N) is 2. The first kappa shape index (κ1) is 32.0. The number of anilines is 2. The number of amides is 3. The minimum atomic E-state index is -1.02. The molecule has 1 unspecified atom stereocenters. The van der Waals surface area contributed by atoms with Gasteiger partial charge in [-0.3, -0.25) is 9.69 Å². The highest BCUT2D eigenvalue weighted by molar-refractivity contribution is 5.89. The molecule has 1 aromatic heterocycles. The molecule has 2 atom stereocenters. The quantitative estimate of drug-likeness (QED) is 0.340. The van der Waals surface area contributed by atoms with Crippen LogP contribution in [0.15, 0.2) is 24.3 Å². The molecule has 0 aliphatic carbocycles. The number of hydrogen-bond donors (Lipinski definition) is 3. The highest BCUT2D eigenvalue weighted by atomic mass is 16.5. The second kappa shape index (κ2) is 14.0. The van der Waals surface area contributed by atoms with Crippen LogP contribution in [0.1, 0.15) is 77.1 Å². The van der Waals surface area contributed by atoms with Crippen LogP contribution in [-0.4, -0.2) is 84.1 Å². The van der Waals surface area contributed by atoms with Crippen LogP contribution in [0, 0.1) is 5.41 Å². The zero-order valence-corrected chi connectivity index (χ0v) is 25.8. The van der Waals surface area contributed by atoms with Crippen molar-refractivity contribution >= 4 is 29.6 Å². The van der Waals surface area contributed by atoms with Gasteiger partial charge in [-0.15, -0.1) is 0 Å². The summed E-state index contributed by atoms with van der Waals surface area (Å²) in [6.07, 6.45) is 0.0576. The number of morpholine rings is 1. The fourth-order valence-electron chi connectivity index (χ4n) is 5.69. The van der Waals surface area contributed by atoms with Crippen LogP contribution in [0.4, 0.5) is 21.1 Å². The number of carbonyl (C=O) groups is 3. The molecule has 4 rings (SSSR count). The lowest BCUT2D eigenvalue weighted by Crippen LogP contribution is -2.47. The third kappa shape index (κ3) is 7.73. The normalized spacial score (nSPS) is 18.5. The van der Waals surface area contributed by atoms with E-state index in [1.165, 1.54) is 4.90 Å². The Hall–Kier alpha value is -3.93. The van der Waals surface area contributed by atoms with Crippen LogP contribution in [-0.2, 0) is 14.3 Å². The lowest BCUT2D eigenvalue weighted by molar-refractivity contribution is -0.143. The highest BCUT2D eigenvalue weighted by Crippen LogP contribution is 2.49. The molecule has 0 bridgehead atoms. The maximum absolute atomic E-state index is 12.7. The zero-order valence-electron chi connectivity index (χ0n) is 25.8. The topological polar surface area (TPSA) is 146 Å². The predicted octanol–water partition coefficient (Wildman–Crippen LogP) is 5.02. The van der Waals surface area contributed by atoms with Gasteiger partial charge in [0, 0.05) is 55.3 Å². The lowest BCUT2D eigenvalue weighted by Gasteiger charge is -2.45. The largest absolute Gasteiger partial charge is 0.466 e. The molecule has 43 heavy (non-hydrogen) atoms. The number of ether oxygens (including phenoxy) is 2. The van der Waals surface area contributed by atoms with E-state index in [-0.39, 0.29) is 29.8 Å². The number of hydrogen-bond acceptors (Lipinski definition) is 8. The lowest BCUT2D eigenvalue weighted by atomic mass is 9.72. The summed E-state index contributed by atoms with van der Waals surface area (Å²) in [5, 5.41) is 15.9. The first-order valence-electron chi connectivity index (χ1n) is 15.1. The summed E-state index contributed by atoms with van der Waals surface area (Å²) in [7, 11) is 0. The second-order valence-corrected chi connectivity index (χ2v) is 11.9. The van der Waals surface area contributed by atoms with Gasteiger partial charge in [0.05, 0.1) is 31.6 Å². The molecule has 12 heteroatoms. The van der Waals surface area contributed by atoms with E-state index in [9.17, 15) is 19.5 Å². The number of esters is 1. The van der Waals surface area contributed by atoms with Crippen molar-refractivity contribution < 1.29 is 29.0 Å². The number of benzene rings is 1. The van der Waals surface area contributed by atoms with Crippen molar-refractivity contribution in [3.05, 3.63) is 35.5 Å². The Labute approximate surface area is 253 Å². The minimum absolute atomic E-state index is 0.157. The van der Waals surface area contributed by atoms with Crippen molar-refractivity contribution in [2.24, 2.45) is 5.41 Å². The zero-order chi connectivity index (χ0) is 31.1. The average molecular weight is 597 g/mol. The van der Waals surface area contributed by atoms with E-state index in [1.54, 1.807) is 19.1 Å². The molecule has 0 radical (unpaired) electrons. The molecular weight excluding hydrogens is 552 g/mol. The Morgan fingerprint density at radius 3 is 2.40 bits per heavy atom. The van der Waals surface area contributed by atoms with Gasteiger partial charge in [-0.05, 0) is 56.4 Å². The van der Waals surface area contributed by atoms with Crippen molar-refractivity contribution in [2.45, 2.75) is 65.8 Å². The fourth-order valence-corrected chi connectivity index (χ4v) is 5.69. The molecule has 1 saturated heterocycles. The molecule has 0 saturated carbocycles. The number of carbonyl (C=O) groups excluding carboxylic acids is 2. The predicted molar refractivity (Wildman–Crippen MR) is 163 cm³/mol. The summed E-state index contributed by atoms with van der Waals surface area (Å²) in [4.78, 5) is 50.7. The fraction of sp³-hybridized carbons (Fsp3) is 0.581. The number of nitrogens with zero attached hydrogens (tertiary/aromatic N) is 4. The van der Waals surface area contributed by atoms with E-state index >= 15 is 0 Å². The number of fused-ring (bicyclic) bond motifs is 1. The molecule has 234 valence electrons. The van der Waals surface area contributed by atoms with Gasteiger partial charge in [-0.25, -0.2) is 19.6 Å². The van der Waals surface area contributed by atoms with E-state index < -0.39 is 12.1 Å². The summed E-state index contributed by atoms with van der Waals surface area (Å²) in [6, 6.07) is 6.44. The highest BCUT2D eigenvalue weighted by Gasteiger charge is 2.44. The molecule has 3 heterocycles. The molecule has 2 aliphatic rings. The number of carboxylic acid groups (broad SMARTS) is 1. The van der Waals surface area contributed by atoms with Crippen LogP contribution in [0.5, 0.6) is 0 Å². The van der Waals surface area contributed by atoms with Gasteiger partial charge in [-0.2, -0.15) is 0 Å². The second-order valence-electron chi connectivity index (χ2n) is 11.9. The van der Waals surface area contributed by atoms with E-state index in [0.29, 0.717) is 76.0 Å².